The fourth-order valence-electron chi connectivity index (χ4n) is 1.92. The molecule has 0 amide bonds. The van der Waals surface area contributed by atoms with Crippen LogP contribution in [0.4, 0.5) is 13.2 Å². The first-order chi connectivity index (χ1) is 9.91. The van der Waals surface area contributed by atoms with Gasteiger partial charge in [0, 0.05) is 0 Å². The standard InChI is InChI=1S/C14H17BClF3O3/c1-12(2)13(3,4)22-15(21-12)9-5-6-11(10(16)7-9)20-8-14(17,18)19/h5-7H,8H2,1-4H3. The minimum Gasteiger partial charge on any atom is -0.483 e. The maximum atomic E-state index is 12.2. The van der Waals surface area contributed by atoms with Crippen molar-refractivity contribution in [3.05, 3.63) is 23.2 Å². The normalized spacial score (nSPS) is 20.3. The molecule has 0 N–H and O–H groups in total. The van der Waals surface area contributed by atoms with E-state index in [1.807, 2.05) is 27.7 Å². The van der Waals surface area contributed by atoms with Crippen LogP contribution in [0.1, 0.15) is 27.7 Å². The van der Waals surface area contributed by atoms with Crippen LogP contribution in [0.25, 0.3) is 0 Å². The van der Waals surface area contributed by atoms with Gasteiger partial charge in [0.25, 0.3) is 0 Å². The molecule has 0 bridgehead atoms. The third-order valence-corrected chi connectivity index (χ3v) is 4.17. The first-order valence-corrected chi connectivity index (χ1v) is 7.14. The number of alkyl halides is 3. The molecule has 1 heterocycles. The third kappa shape index (κ3) is 3.70. The third-order valence-electron chi connectivity index (χ3n) is 3.87. The van der Waals surface area contributed by atoms with Gasteiger partial charge in [0.05, 0.1) is 16.2 Å². The maximum absolute atomic E-state index is 12.2. The van der Waals surface area contributed by atoms with Crippen molar-refractivity contribution in [2.45, 2.75) is 45.1 Å². The van der Waals surface area contributed by atoms with Crippen LogP contribution in [0.3, 0.4) is 0 Å². The lowest BCUT2D eigenvalue weighted by Crippen LogP contribution is -2.41. The van der Waals surface area contributed by atoms with Crippen LogP contribution >= 0.6 is 11.6 Å². The van der Waals surface area contributed by atoms with Gasteiger partial charge in [-0.25, -0.2) is 0 Å². The summed E-state index contributed by atoms with van der Waals surface area (Å²) in [5, 5.41) is 0.0801. The summed E-state index contributed by atoms with van der Waals surface area (Å²) in [4.78, 5) is 0. The Morgan fingerprint density at radius 3 is 2.14 bits per heavy atom. The Labute approximate surface area is 132 Å². The molecule has 1 saturated heterocycles. The molecule has 22 heavy (non-hydrogen) atoms. The van der Waals surface area contributed by atoms with Crippen LogP contribution < -0.4 is 10.2 Å². The second-order valence-corrected chi connectivity index (χ2v) is 6.59. The van der Waals surface area contributed by atoms with Crippen molar-refractivity contribution in [2.75, 3.05) is 6.61 Å². The molecular weight excluding hydrogens is 319 g/mol. The quantitative estimate of drug-likeness (QED) is 0.790. The second-order valence-electron chi connectivity index (χ2n) is 6.18. The average molecular weight is 337 g/mol. The van der Waals surface area contributed by atoms with Crippen LogP contribution in [0.5, 0.6) is 5.75 Å². The highest BCUT2D eigenvalue weighted by Gasteiger charge is 2.51. The fraction of sp³-hybridized carbons (Fsp3) is 0.571. The summed E-state index contributed by atoms with van der Waals surface area (Å²) < 4.78 is 52.9. The molecule has 1 fully saturated rings. The monoisotopic (exact) mass is 336 g/mol. The van der Waals surface area contributed by atoms with Crippen molar-refractivity contribution >= 4 is 24.2 Å². The predicted molar refractivity (Wildman–Crippen MR) is 78.7 cm³/mol. The van der Waals surface area contributed by atoms with E-state index in [2.05, 4.69) is 4.74 Å². The summed E-state index contributed by atoms with van der Waals surface area (Å²) in [7, 11) is -0.626. The first kappa shape index (κ1) is 17.4. The van der Waals surface area contributed by atoms with Crippen molar-refractivity contribution in [3.8, 4) is 5.75 Å². The van der Waals surface area contributed by atoms with Gasteiger partial charge in [-0.15, -0.1) is 0 Å². The van der Waals surface area contributed by atoms with E-state index < -0.39 is 31.1 Å². The SMILES string of the molecule is CC1(C)OB(c2ccc(OCC(F)(F)F)c(Cl)c2)OC1(C)C. The lowest BCUT2D eigenvalue weighted by molar-refractivity contribution is -0.153. The summed E-state index contributed by atoms with van der Waals surface area (Å²) in [6, 6.07) is 4.46. The molecule has 1 aliphatic heterocycles. The smallest absolute Gasteiger partial charge is 0.483 e. The molecule has 0 atom stereocenters. The van der Waals surface area contributed by atoms with E-state index in [1.165, 1.54) is 12.1 Å². The molecule has 0 saturated carbocycles. The number of hydrogen-bond acceptors (Lipinski definition) is 3. The predicted octanol–water partition coefficient (Wildman–Crippen LogP) is 3.58. The van der Waals surface area contributed by atoms with E-state index >= 15 is 0 Å². The molecule has 3 nitrogen and oxygen atoms in total. The van der Waals surface area contributed by atoms with Crippen LogP contribution in [-0.4, -0.2) is 31.1 Å². The van der Waals surface area contributed by atoms with Crippen LogP contribution in [0.2, 0.25) is 5.02 Å². The lowest BCUT2D eigenvalue weighted by atomic mass is 9.79. The highest BCUT2D eigenvalue weighted by atomic mass is 35.5. The molecule has 0 aromatic heterocycles. The van der Waals surface area contributed by atoms with Crippen LogP contribution in [0, 0.1) is 0 Å². The molecular formula is C14H17BClF3O3. The van der Waals surface area contributed by atoms with Crippen molar-refractivity contribution in [1.29, 1.82) is 0 Å². The van der Waals surface area contributed by atoms with Gasteiger partial charge in [-0.2, -0.15) is 13.2 Å². The number of halogens is 4. The van der Waals surface area contributed by atoms with Crippen molar-refractivity contribution < 1.29 is 27.2 Å². The topological polar surface area (TPSA) is 27.7 Å². The van der Waals surface area contributed by atoms with Crippen molar-refractivity contribution in [2.24, 2.45) is 0 Å². The van der Waals surface area contributed by atoms with Gasteiger partial charge in [-0.1, -0.05) is 17.7 Å². The number of hydrogen-bond donors (Lipinski definition) is 0. The Balaban J connectivity index is 2.14. The van der Waals surface area contributed by atoms with Crippen LogP contribution in [-0.2, 0) is 9.31 Å². The molecule has 122 valence electrons. The van der Waals surface area contributed by atoms with Gasteiger partial charge >= 0.3 is 13.3 Å². The zero-order chi connectivity index (χ0) is 16.8. The van der Waals surface area contributed by atoms with Gasteiger partial charge in [0.1, 0.15) is 5.75 Å². The summed E-state index contributed by atoms with van der Waals surface area (Å²) in [6.07, 6.45) is -4.41. The van der Waals surface area contributed by atoms with Gasteiger partial charge in [0.2, 0.25) is 0 Å². The molecule has 0 spiro atoms. The van der Waals surface area contributed by atoms with Gasteiger partial charge < -0.3 is 14.0 Å². The average Bonchev–Trinajstić information content (AvgIpc) is 2.56. The van der Waals surface area contributed by atoms with E-state index in [-0.39, 0.29) is 10.8 Å². The first-order valence-electron chi connectivity index (χ1n) is 6.76. The summed E-state index contributed by atoms with van der Waals surface area (Å²) in [5.74, 6) is -0.0285. The molecule has 1 aromatic rings. The Hall–Kier alpha value is -0.915. The molecule has 0 radical (unpaired) electrons. The summed E-state index contributed by atoms with van der Waals surface area (Å²) >= 11 is 5.98. The molecule has 1 aliphatic rings. The Kier molecular flexibility index (Phi) is 4.45. The van der Waals surface area contributed by atoms with Gasteiger partial charge in [0.15, 0.2) is 6.61 Å². The molecule has 8 heteroatoms. The molecule has 1 aromatic carbocycles. The van der Waals surface area contributed by atoms with Crippen molar-refractivity contribution in [3.63, 3.8) is 0 Å². The molecule has 2 rings (SSSR count). The fourth-order valence-corrected chi connectivity index (χ4v) is 2.16. The van der Waals surface area contributed by atoms with Gasteiger partial charge in [-0.3, -0.25) is 0 Å². The minimum absolute atomic E-state index is 0.0285. The summed E-state index contributed by atoms with van der Waals surface area (Å²) in [6.45, 7) is 6.26. The highest BCUT2D eigenvalue weighted by Crippen LogP contribution is 2.37. The van der Waals surface area contributed by atoms with Gasteiger partial charge in [-0.05, 0) is 45.3 Å². The van der Waals surface area contributed by atoms with E-state index in [1.54, 1.807) is 6.07 Å². The minimum atomic E-state index is -4.41. The van der Waals surface area contributed by atoms with E-state index in [0.717, 1.165) is 0 Å². The number of benzene rings is 1. The molecule has 0 aliphatic carbocycles. The van der Waals surface area contributed by atoms with Crippen molar-refractivity contribution in [1.82, 2.24) is 0 Å². The Morgan fingerprint density at radius 2 is 1.68 bits per heavy atom. The number of rotatable bonds is 3. The zero-order valence-corrected chi connectivity index (χ0v) is 13.5. The maximum Gasteiger partial charge on any atom is 0.494 e. The Bertz CT molecular complexity index is 545. The largest absolute Gasteiger partial charge is 0.494 e. The van der Waals surface area contributed by atoms with E-state index in [0.29, 0.717) is 5.46 Å². The van der Waals surface area contributed by atoms with E-state index in [9.17, 15) is 13.2 Å². The van der Waals surface area contributed by atoms with Crippen LogP contribution in [0.15, 0.2) is 18.2 Å². The number of ether oxygens (including phenoxy) is 1. The molecule has 0 unspecified atom stereocenters. The second kappa shape index (κ2) is 5.62. The van der Waals surface area contributed by atoms with E-state index in [4.69, 9.17) is 20.9 Å². The zero-order valence-electron chi connectivity index (χ0n) is 12.8. The highest BCUT2D eigenvalue weighted by molar-refractivity contribution is 6.62. The summed E-state index contributed by atoms with van der Waals surface area (Å²) in [5.41, 5.74) is -0.381. The lowest BCUT2D eigenvalue weighted by Gasteiger charge is -2.32. The Morgan fingerprint density at radius 1 is 1.14 bits per heavy atom.